The number of aromatic nitrogens is 2. The number of halogens is 1. The molecule has 0 aliphatic rings. The van der Waals surface area contributed by atoms with E-state index in [0.717, 1.165) is 11.3 Å². The summed E-state index contributed by atoms with van der Waals surface area (Å²) in [5.41, 5.74) is 4.04. The summed E-state index contributed by atoms with van der Waals surface area (Å²) in [4.78, 5) is 34.4. The third-order valence-corrected chi connectivity index (χ3v) is 5.49. The fourth-order valence-corrected chi connectivity index (χ4v) is 3.74. The minimum atomic E-state index is -0.351. The van der Waals surface area contributed by atoms with Crippen LogP contribution in [0, 0.1) is 12.7 Å². The van der Waals surface area contributed by atoms with Crippen LogP contribution < -0.4 is 4.74 Å². The second-order valence-corrected chi connectivity index (χ2v) is 7.95. The van der Waals surface area contributed by atoms with Crippen LogP contribution in [0.3, 0.4) is 0 Å². The highest BCUT2D eigenvalue weighted by Crippen LogP contribution is 2.24. The summed E-state index contributed by atoms with van der Waals surface area (Å²) >= 11 is 0. The zero-order valence-corrected chi connectivity index (χ0v) is 18.9. The van der Waals surface area contributed by atoms with Gasteiger partial charge in [-0.2, -0.15) is 0 Å². The number of hydrogen-bond acceptors (Lipinski definition) is 5. The Hall–Kier alpha value is -4.19. The fourth-order valence-electron chi connectivity index (χ4n) is 3.74. The van der Waals surface area contributed by atoms with Gasteiger partial charge in [0.15, 0.2) is 11.6 Å². The van der Waals surface area contributed by atoms with Crippen LogP contribution in [0.5, 0.6) is 5.75 Å². The van der Waals surface area contributed by atoms with Crippen LogP contribution in [0.1, 0.15) is 37.5 Å². The van der Waals surface area contributed by atoms with Crippen LogP contribution >= 0.6 is 0 Å². The van der Waals surface area contributed by atoms with E-state index in [-0.39, 0.29) is 30.2 Å². The molecule has 0 N–H and O–H groups in total. The molecule has 0 fully saturated rings. The second-order valence-electron chi connectivity index (χ2n) is 7.95. The SMILES string of the molecule is COc1ccc(C(=O)Cc2ccc(-c3ccccc3F)nc2)cc1C(=O)Cc1ccnc(C)c1. The van der Waals surface area contributed by atoms with E-state index in [4.69, 9.17) is 4.74 Å². The molecule has 6 heteroatoms. The Morgan fingerprint density at radius 2 is 1.68 bits per heavy atom. The van der Waals surface area contributed by atoms with Gasteiger partial charge in [0.2, 0.25) is 0 Å². The summed E-state index contributed by atoms with van der Waals surface area (Å²) in [7, 11) is 1.49. The molecule has 0 saturated carbocycles. The van der Waals surface area contributed by atoms with Gasteiger partial charge in [0.1, 0.15) is 11.6 Å². The predicted octanol–water partition coefficient (Wildman–Crippen LogP) is 5.45. The Kier molecular flexibility index (Phi) is 6.87. The number of rotatable bonds is 8. The van der Waals surface area contributed by atoms with E-state index >= 15 is 0 Å². The number of benzene rings is 2. The molecule has 2 aromatic carbocycles. The normalized spacial score (nSPS) is 10.7. The Labute approximate surface area is 197 Å². The van der Waals surface area contributed by atoms with Crippen molar-refractivity contribution in [3.63, 3.8) is 0 Å². The van der Waals surface area contributed by atoms with E-state index in [2.05, 4.69) is 9.97 Å². The number of methoxy groups -OCH3 is 1. The first-order valence-corrected chi connectivity index (χ1v) is 10.8. The van der Waals surface area contributed by atoms with Gasteiger partial charge < -0.3 is 4.74 Å². The molecule has 2 aromatic heterocycles. The molecule has 0 radical (unpaired) electrons. The lowest BCUT2D eigenvalue weighted by Gasteiger charge is -2.10. The molecule has 4 rings (SSSR count). The van der Waals surface area contributed by atoms with Gasteiger partial charge in [-0.05, 0) is 66.6 Å². The number of Topliss-reactive ketones (excluding diaryl/α,β-unsaturated/α-hetero) is 2. The van der Waals surface area contributed by atoms with Crippen LogP contribution in [0.4, 0.5) is 4.39 Å². The number of carbonyl (C=O) groups excluding carboxylic acids is 2. The lowest BCUT2D eigenvalue weighted by molar-refractivity contribution is 0.0990. The first-order chi connectivity index (χ1) is 16.4. The van der Waals surface area contributed by atoms with Crippen molar-refractivity contribution >= 4 is 11.6 Å². The van der Waals surface area contributed by atoms with Crippen molar-refractivity contribution in [3.05, 3.63) is 113 Å². The Balaban J connectivity index is 1.52. The minimum Gasteiger partial charge on any atom is -0.496 e. The molecule has 2 heterocycles. The number of hydrogen-bond donors (Lipinski definition) is 0. The molecule has 0 spiro atoms. The summed E-state index contributed by atoms with van der Waals surface area (Å²) < 4.78 is 19.4. The summed E-state index contributed by atoms with van der Waals surface area (Å²) in [6.07, 6.45) is 3.52. The molecule has 0 bridgehead atoms. The Morgan fingerprint density at radius 1 is 0.882 bits per heavy atom. The number of nitrogens with zero attached hydrogens (tertiary/aromatic N) is 2. The van der Waals surface area contributed by atoms with Crippen LogP contribution in [0.15, 0.2) is 79.1 Å². The average Bonchev–Trinajstić information content (AvgIpc) is 2.84. The van der Waals surface area contributed by atoms with Crippen LogP contribution in [-0.4, -0.2) is 28.6 Å². The number of carbonyl (C=O) groups is 2. The maximum absolute atomic E-state index is 14.0. The van der Waals surface area contributed by atoms with E-state index in [0.29, 0.717) is 33.7 Å². The summed E-state index contributed by atoms with van der Waals surface area (Å²) in [5, 5.41) is 0. The van der Waals surface area contributed by atoms with Gasteiger partial charge in [0, 0.05) is 42.1 Å². The van der Waals surface area contributed by atoms with Gasteiger partial charge in [-0.3, -0.25) is 19.6 Å². The highest BCUT2D eigenvalue weighted by atomic mass is 19.1. The molecular weight excluding hydrogens is 431 g/mol. The van der Waals surface area contributed by atoms with Crippen molar-refractivity contribution in [2.45, 2.75) is 19.8 Å². The maximum atomic E-state index is 14.0. The van der Waals surface area contributed by atoms with Crippen molar-refractivity contribution in [2.75, 3.05) is 7.11 Å². The topological polar surface area (TPSA) is 69.2 Å². The van der Waals surface area contributed by atoms with E-state index in [1.54, 1.807) is 67.0 Å². The summed E-state index contributed by atoms with van der Waals surface area (Å²) in [6.45, 7) is 1.87. The van der Waals surface area contributed by atoms with Gasteiger partial charge >= 0.3 is 0 Å². The van der Waals surface area contributed by atoms with Gasteiger partial charge in [-0.1, -0.05) is 18.2 Å². The van der Waals surface area contributed by atoms with E-state index in [1.165, 1.54) is 13.2 Å². The van der Waals surface area contributed by atoms with Crippen molar-refractivity contribution in [1.29, 1.82) is 0 Å². The third-order valence-electron chi connectivity index (χ3n) is 5.49. The van der Waals surface area contributed by atoms with E-state index in [9.17, 15) is 14.0 Å². The molecule has 0 amide bonds. The van der Waals surface area contributed by atoms with Crippen molar-refractivity contribution in [3.8, 4) is 17.0 Å². The lowest BCUT2D eigenvalue weighted by atomic mass is 9.97. The molecule has 0 unspecified atom stereocenters. The quantitative estimate of drug-likeness (QED) is 0.331. The first kappa shape index (κ1) is 23.0. The Bertz CT molecular complexity index is 1350. The van der Waals surface area contributed by atoms with E-state index in [1.807, 2.05) is 13.0 Å². The fraction of sp³-hybridized carbons (Fsp3) is 0.143. The van der Waals surface area contributed by atoms with Crippen molar-refractivity contribution in [2.24, 2.45) is 0 Å². The smallest absolute Gasteiger partial charge is 0.170 e. The van der Waals surface area contributed by atoms with Gasteiger partial charge in [0.05, 0.1) is 18.4 Å². The number of pyridine rings is 2. The number of aryl methyl sites for hydroxylation is 1. The standard InChI is InChI=1S/C28H23FN2O3/c1-18-13-19(11-12-30-18)14-27(33)23-16-21(8-10-28(23)34-2)26(32)15-20-7-9-25(31-17-20)22-5-3-4-6-24(22)29/h3-13,16-17H,14-15H2,1-2H3. The number of ether oxygens (including phenoxy) is 1. The summed E-state index contributed by atoms with van der Waals surface area (Å²) in [6, 6.07) is 18.4. The lowest BCUT2D eigenvalue weighted by Crippen LogP contribution is -2.10. The molecular formula is C28H23FN2O3. The van der Waals surface area contributed by atoms with Crippen molar-refractivity contribution < 1.29 is 18.7 Å². The van der Waals surface area contributed by atoms with Crippen molar-refractivity contribution in [1.82, 2.24) is 9.97 Å². The molecule has 0 atom stereocenters. The number of ketones is 2. The molecule has 5 nitrogen and oxygen atoms in total. The van der Waals surface area contributed by atoms with E-state index < -0.39 is 0 Å². The molecule has 0 saturated heterocycles. The van der Waals surface area contributed by atoms with Crippen LogP contribution in [0.2, 0.25) is 0 Å². The molecule has 170 valence electrons. The summed E-state index contributed by atoms with van der Waals surface area (Å²) in [5.74, 6) is -0.232. The van der Waals surface area contributed by atoms with Crippen LogP contribution in [-0.2, 0) is 12.8 Å². The maximum Gasteiger partial charge on any atom is 0.170 e. The van der Waals surface area contributed by atoms with Gasteiger partial charge in [-0.25, -0.2) is 4.39 Å². The average molecular weight is 455 g/mol. The zero-order valence-electron chi connectivity index (χ0n) is 18.9. The first-order valence-electron chi connectivity index (χ1n) is 10.8. The molecule has 4 aromatic rings. The highest BCUT2D eigenvalue weighted by molar-refractivity contribution is 6.04. The minimum absolute atomic E-state index is 0.105. The second kappa shape index (κ2) is 10.2. The Morgan fingerprint density at radius 3 is 2.38 bits per heavy atom. The predicted molar refractivity (Wildman–Crippen MR) is 128 cm³/mol. The largest absolute Gasteiger partial charge is 0.496 e. The third kappa shape index (κ3) is 5.23. The van der Waals surface area contributed by atoms with Gasteiger partial charge in [0.25, 0.3) is 0 Å². The highest BCUT2D eigenvalue weighted by Gasteiger charge is 2.17. The molecule has 0 aliphatic carbocycles. The molecule has 0 aliphatic heterocycles. The van der Waals surface area contributed by atoms with Gasteiger partial charge in [-0.15, -0.1) is 0 Å². The zero-order chi connectivity index (χ0) is 24.1. The monoisotopic (exact) mass is 454 g/mol. The van der Waals surface area contributed by atoms with Crippen LogP contribution in [0.25, 0.3) is 11.3 Å². The molecule has 34 heavy (non-hydrogen) atoms.